The van der Waals surface area contributed by atoms with Gasteiger partial charge in [-0.2, -0.15) is 0 Å². The van der Waals surface area contributed by atoms with Crippen LogP contribution < -0.4 is 10.1 Å². The number of hydrogen-bond acceptors (Lipinski definition) is 5. The molecule has 1 rings (SSSR count). The summed E-state index contributed by atoms with van der Waals surface area (Å²) >= 11 is 6.28. The molecule has 1 aromatic carbocycles. The maximum atomic E-state index is 11.3. The van der Waals surface area contributed by atoms with Gasteiger partial charge in [0.2, 0.25) is 0 Å². The molecule has 0 heterocycles. The molecule has 2 N–H and O–H groups in total. The summed E-state index contributed by atoms with van der Waals surface area (Å²) < 4.78 is 5.98. The number of carbonyl (C=O) groups is 1. The van der Waals surface area contributed by atoms with Crippen molar-refractivity contribution in [2.75, 3.05) is 19.8 Å². The molecule has 0 aromatic heterocycles. The molecule has 1 aromatic rings. The fraction of sp³-hybridized carbons (Fsp3) is 0.300. The number of nitro groups is 1. The van der Waals surface area contributed by atoms with Crippen LogP contribution in [0.5, 0.6) is 5.75 Å². The summed E-state index contributed by atoms with van der Waals surface area (Å²) in [6.07, 6.45) is 0. The zero-order valence-electron chi connectivity index (χ0n) is 9.56. The molecule has 0 atom stereocenters. The summed E-state index contributed by atoms with van der Waals surface area (Å²) in [7, 11) is 0. The van der Waals surface area contributed by atoms with Crippen molar-refractivity contribution in [1.29, 1.82) is 0 Å². The number of halogens is 2. The first kappa shape index (κ1) is 15.9. The van der Waals surface area contributed by atoms with Gasteiger partial charge in [0.25, 0.3) is 11.6 Å². The van der Waals surface area contributed by atoms with Crippen molar-refractivity contribution >= 4 is 43.5 Å². The van der Waals surface area contributed by atoms with E-state index in [4.69, 9.17) is 9.84 Å². The van der Waals surface area contributed by atoms with Crippen molar-refractivity contribution in [1.82, 2.24) is 5.32 Å². The van der Waals surface area contributed by atoms with Crippen LogP contribution in [0, 0.1) is 10.1 Å². The first-order valence-electron chi connectivity index (χ1n) is 5.09. The minimum Gasteiger partial charge on any atom is -0.481 e. The van der Waals surface area contributed by atoms with Crippen LogP contribution in [0.25, 0.3) is 0 Å². The van der Waals surface area contributed by atoms with E-state index in [9.17, 15) is 14.9 Å². The van der Waals surface area contributed by atoms with Crippen LogP contribution in [0.2, 0.25) is 0 Å². The number of benzene rings is 1. The second kappa shape index (κ2) is 7.41. The number of aliphatic hydroxyl groups is 1. The number of ether oxygens (including phenoxy) is 1. The van der Waals surface area contributed by atoms with Gasteiger partial charge >= 0.3 is 0 Å². The molecule has 0 bridgehead atoms. The van der Waals surface area contributed by atoms with E-state index in [2.05, 4.69) is 37.2 Å². The maximum Gasteiger partial charge on any atom is 0.271 e. The van der Waals surface area contributed by atoms with E-state index in [0.717, 1.165) is 0 Å². The van der Waals surface area contributed by atoms with Crippen molar-refractivity contribution in [2.24, 2.45) is 0 Å². The van der Waals surface area contributed by atoms with Crippen LogP contribution >= 0.6 is 31.9 Å². The number of amides is 1. The van der Waals surface area contributed by atoms with Crippen LogP contribution in [0.3, 0.4) is 0 Å². The lowest BCUT2D eigenvalue weighted by atomic mass is 10.3. The van der Waals surface area contributed by atoms with E-state index in [1.54, 1.807) is 0 Å². The predicted octanol–water partition coefficient (Wildman–Crippen LogP) is 1.61. The highest BCUT2D eigenvalue weighted by Crippen LogP contribution is 2.37. The van der Waals surface area contributed by atoms with Gasteiger partial charge in [-0.25, -0.2) is 0 Å². The summed E-state index contributed by atoms with van der Waals surface area (Å²) in [6, 6.07) is 2.57. The number of non-ortho nitro benzene ring substituents is 1. The van der Waals surface area contributed by atoms with Gasteiger partial charge in [-0.05, 0) is 31.9 Å². The Morgan fingerprint density at radius 1 is 1.42 bits per heavy atom. The lowest BCUT2D eigenvalue weighted by Crippen LogP contribution is -2.31. The van der Waals surface area contributed by atoms with Gasteiger partial charge in [0.05, 0.1) is 20.5 Å². The van der Waals surface area contributed by atoms with Crippen LogP contribution in [0.1, 0.15) is 0 Å². The fourth-order valence-electron chi connectivity index (χ4n) is 1.17. The zero-order chi connectivity index (χ0) is 14.4. The summed E-state index contributed by atoms with van der Waals surface area (Å²) in [6.45, 7) is -0.267. The Morgan fingerprint density at radius 2 is 2.00 bits per heavy atom. The number of aliphatic hydroxyl groups excluding tert-OH is 1. The molecule has 0 radical (unpaired) electrons. The number of carbonyl (C=O) groups excluding carboxylic acids is 1. The van der Waals surface area contributed by atoms with Crippen molar-refractivity contribution in [3.63, 3.8) is 0 Å². The molecular formula is C10H10Br2N2O5. The Morgan fingerprint density at radius 3 is 2.47 bits per heavy atom. The lowest BCUT2D eigenvalue weighted by Gasteiger charge is -2.10. The SMILES string of the molecule is O=C(COc1c(Br)cc([N+](=O)[O-])cc1Br)NCCO. The van der Waals surface area contributed by atoms with E-state index in [0.29, 0.717) is 14.7 Å². The summed E-state index contributed by atoms with van der Waals surface area (Å²) in [5, 5.41) is 21.6. The molecule has 0 spiro atoms. The summed E-state index contributed by atoms with van der Waals surface area (Å²) in [5.41, 5.74) is -0.101. The van der Waals surface area contributed by atoms with E-state index in [1.807, 2.05) is 0 Å². The van der Waals surface area contributed by atoms with E-state index in [-0.39, 0.29) is 25.4 Å². The lowest BCUT2D eigenvalue weighted by molar-refractivity contribution is -0.385. The molecular weight excluding hydrogens is 388 g/mol. The first-order valence-corrected chi connectivity index (χ1v) is 6.68. The molecule has 0 fully saturated rings. The number of nitro benzene ring substituents is 1. The second-order valence-electron chi connectivity index (χ2n) is 3.36. The smallest absolute Gasteiger partial charge is 0.271 e. The average molecular weight is 398 g/mol. The van der Waals surface area contributed by atoms with Gasteiger partial charge in [0.15, 0.2) is 6.61 Å². The topological polar surface area (TPSA) is 102 Å². The Hall–Kier alpha value is -1.19. The van der Waals surface area contributed by atoms with Crippen LogP contribution in [-0.2, 0) is 4.79 Å². The quantitative estimate of drug-likeness (QED) is 0.560. The van der Waals surface area contributed by atoms with Crippen LogP contribution in [-0.4, -0.2) is 35.7 Å². The van der Waals surface area contributed by atoms with Crippen LogP contribution in [0.4, 0.5) is 5.69 Å². The summed E-state index contributed by atoms with van der Waals surface area (Å²) in [4.78, 5) is 21.4. The molecule has 0 aliphatic rings. The minimum absolute atomic E-state index is 0.101. The van der Waals surface area contributed by atoms with Crippen molar-refractivity contribution in [3.8, 4) is 5.75 Å². The molecule has 0 aliphatic carbocycles. The number of nitrogens with zero attached hydrogens (tertiary/aromatic N) is 1. The van der Waals surface area contributed by atoms with Gasteiger partial charge in [-0.3, -0.25) is 14.9 Å². The molecule has 19 heavy (non-hydrogen) atoms. The largest absolute Gasteiger partial charge is 0.481 e. The van der Waals surface area contributed by atoms with Gasteiger partial charge in [0.1, 0.15) is 5.75 Å². The van der Waals surface area contributed by atoms with Crippen molar-refractivity contribution < 1.29 is 19.6 Å². The van der Waals surface area contributed by atoms with Gasteiger partial charge in [-0.1, -0.05) is 0 Å². The molecule has 7 nitrogen and oxygen atoms in total. The molecule has 0 aliphatic heterocycles. The van der Waals surface area contributed by atoms with Gasteiger partial charge < -0.3 is 15.2 Å². The summed E-state index contributed by atoms with van der Waals surface area (Å²) in [5.74, 6) is -0.101. The Bertz CT molecular complexity index is 472. The maximum absolute atomic E-state index is 11.3. The highest BCUT2D eigenvalue weighted by atomic mass is 79.9. The molecule has 0 saturated carbocycles. The molecule has 9 heteroatoms. The Kier molecular flexibility index (Phi) is 6.19. The van der Waals surface area contributed by atoms with Crippen molar-refractivity contribution in [2.45, 2.75) is 0 Å². The highest BCUT2D eigenvalue weighted by molar-refractivity contribution is 9.11. The third-order valence-electron chi connectivity index (χ3n) is 1.98. The highest BCUT2D eigenvalue weighted by Gasteiger charge is 2.15. The predicted molar refractivity (Wildman–Crippen MR) is 74.1 cm³/mol. The monoisotopic (exact) mass is 396 g/mol. The number of hydrogen-bond donors (Lipinski definition) is 2. The second-order valence-corrected chi connectivity index (χ2v) is 5.07. The molecule has 104 valence electrons. The zero-order valence-corrected chi connectivity index (χ0v) is 12.7. The third-order valence-corrected chi connectivity index (χ3v) is 3.15. The molecule has 1 amide bonds. The minimum atomic E-state index is -0.534. The molecule has 0 unspecified atom stereocenters. The first-order chi connectivity index (χ1) is 8.95. The number of rotatable bonds is 6. The van der Waals surface area contributed by atoms with E-state index >= 15 is 0 Å². The van der Waals surface area contributed by atoms with Gasteiger partial charge in [-0.15, -0.1) is 0 Å². The van der Waals surface area contributed by atoms with Crippen molar-refractivity contribution in [3.05, 3.63) is 31.2 Å². The third kappa shape index (κ3) is 4.77. The fourth-order valence-corrected chi connectivity index (χ4v) is 2.57. The molecule has 0 saturated heterocycles. The Balaban J connectivity index is 2.74. The van der Waals surface area contributed by atoms with Crippen LogP contribution in [0.15, 0.2) is 21.1 Å². The van der Waals surface area contributed by atoms with E-state index < -0.39 is 10.8 Å². The van der Waals surface area contributed by atoms with E-state index in [1.165, 1.54) is 12.1 Å². The number of nitrogens with one attached hydrogen (secondary N) is 1. The average Bonchev–Trinajstić information content (AvgIpc) is 2.34. The Labute approximate surface area is 125 Å². The van der Waals surface area contributed by atoms with Gasteiger partial charge in [0, 0.05) is 18.7 Å². The normalized spacial score (nSPS) is 10.1. The standard InChI is InChI=1S/C10H10Br2N2O5/c11-7-3-6(14(17)18)4-8(12)10(7)19-5-9(16)13-1-2-15/h3-4,15H,1-2,5H2,(H,13,16).